The van der Waals surface area contributed by atoms with Gasteiger partial charge in [0.2, 0.25) is 0 Å². The van der Waals surface area contributed by atoms with E-state index in [1.54, 1.807) is 55.6 Å². The summed E-state index contributed by atoms with van der Waals surface area (Å²) in [6.07, 6.45) is 2.85. The molecule has 1 aromatic carbocycles. The monoisotopic (exact) mass is 276 g/mol. The number of pyridine rings is 1. The van der Waals surface area contributed by atoms with Crippen LogP contribution in [0.5, 0.6) is 5.75 Å². The summed E-state index contributed by atoms with van der Waals surface area (Å²) in [5.41, 5.74) is 1.32. The SMILES string of the molecule is Cc1ncccc1/C=N/S(=O)(=O)Oc1ccccc1. The molecule has 0 aliphatic heterocycles. The molecule has 2 aromatic rings. The highest BCUT2D eigenvalue weighted by molar-refractivity contribution is 7.85. The Balaban J connectivity index is 2.16. The Bertz CT molecular complexity index is 682. The summed E-state index contributed by atoms with van der Waals surface area (Å²) in [4.78, 5) is 4.04. The van der Waals surface area contributed by atoms with Gasteiger partial charge in [0, 0.05) is 17.5 Å². The van der Waals surface area contributed by atoms with Crippen molar-refractivity contribution in [1.29, 1.82) is 0 Å². The summed E-state index contributed by atoms with van der Waals surface area (Å²) in [6, 6.07) is 11.6. The highest BCUT2D eigenvalue weighted by atomic mass is 32.2. The smallest absolute Gasteiger partial charge is 0.366 e. The average molecular weight is 276 g/mol. The number of hydrogen-bond acceptors (Lipinski definition) is 4. The molecule has 6 heteroatoms. The summed E-state index contributed by atoms with van der Waals surface area (Å²) in [7, 11) is -4.01. The molecule has 0 spiro atoms. The number of aryl methyl sites for hydroxylation is 1. The summed E-state index contributed by atoms with van der Waals surface area (Å²) in [6.45, 7) is 1.77. The number of nitrogens with zero attached hydrogens (tertiary/aromatic N) is 2. The van der Waals surface area contributed by atoms with E-state index in [1.165, 1.54) is 6.21 Å². The van der Waals surface area contributed by atoms with Gasteiger partial charge >= 0.3 is 10.3 Å². The van der Waals surface area contributed by atoms with Gasteiger partial charge in [0.05, 0.1) is 6.21 Å². The van der Waals surface area contributed by atoms with Crippen LogP contribution in [0.4, 0.5) is 0 Å². The Morgan fingerprint density at radius 3 is 2.58 bits per heavy atom. The molecule has 5 nitrogen and oxygen atoms in total. The van der Waals surface area contributed by atoms with Crippen LogP contribution in [0.1, 0.15) is 11.3 Å². The lowest BCUT2D eigenvalue weighted by Crippen LogP contribution is -2.06. The van der Waals surface area contributed by atoms with E-state index in [2.05, 4.69) is 9.38 Å². The minimum Gasteiger partial charge on any atom is -0.366 e. The topological polar surface area (TPSA) is 68.6 Å². The van der Waals surface area contributed by atoms with Crippen LogP contribution >= 0.6 is 0 Å². The standard InChI is InChI=1S/C13H12N2O3S/c1-11-12(6-5-9-14-11)10-15-19(16,17)18-13-7-3-2-4-8-13/h2-10H,1H3/b15-10+. The molecule has 98 valence electrons. The minimum atomic E-state index is -4.01. The van der Waals surface area contributed by atoms with Crippen molar-refractivity contribution >= 4 is 16.5 Å². The molecular weight excluding hydrogens is 264 g/mol. The summed E-state index contributed by atoms with van der Waals surface area (Å²) < 4.78 is 31.6. The maximum Gasteiger partial charge on any atom is 0.428 e. The van der Waals surface area contributed by atoms with E-state index in [0.717, 1.165) is 0 Å². The lowest BCUT2D eigenvalue weighted by atomic mass is 10.2. The van der Waals surface area contributed by atoms with Crippen molar-refractivity contribution in [2.45, 2.75) is 6.92 Å². The first-order chi connectivity index (χ1) is 9.07. The third-order valence-corrected chi connectivity index (χ3v) is 3.08. The average Bonchev–Trinajstić information content (AvgIpc) is 2.38. The molecule has 0 fully saturated rings. The highest BCUT2D eigenvalue weighted by Gasteiger charge is 2.09. The molecule has 0 saturated heterocycles. The van der Waals surface area contributed by atoms with E-state index < -0.39 is 10.3 Å². The third kappa shape index (κ3) is 3.89. The van der Waals surface area contributed by atoms with E-state index in [9.17, 15) is 8.42 Å². The van der Waals surface area contributed by atoms with Gasteiger partial charge in [-0.25, -0.2) is 0 Å². The fourth-order valence-electron chi connectivity index (χ4n) is 1.37. The Kier molecular flexibility index (Phi) is 3.91. The van der Waals surface area contributed by atoms with Gasteiger partial charge in [-0.05, 0) is 25.1 Å². The zero-order chi connectivity index (χ0) is 13.7. The van der Waals surface area contributed by atoms with E-state index in [1.807, 2.05) is 0 Å². The van der Waals surface area contributed by atoms with Crippen molar-refractivity contribution in [3.05, 3.63) is 59.9 Å². The van der Waals surface area contributed by atoms with Crippen LogP contribution < -0.4 is 4.18 Å². The predicted molar refractivity (Wildman–Crippen MR) is 72.6 cm³/mol. The third-order valence-electron chi connectivity index (χ3n) is 2.31. The first-order valence-corrected chi connectivity index (χ1v) is 6.90. The Labute approximate surface area is 111 Å². The molecule has 1 heterocycles. The van der Waals surface area contributed by atoms with Gasteiger partial charge in [-0.3, -0.25) is 4.98 Å². The van der Waals surface area contributed by atoms with Gasteiger partial charge < -0.3 is 4.18 Å². The van der Waals surface area contributed by atoms with Crippen molar-refractivity contribution in [3.8, 4) is 5.75 Å². The summed E-state index contributed by atoms with van der Waals surface area (Å²) >= 11 is 0. The van der Waals surface area contributed by atoms with Gasteiger partial charge in [0.15, 0.2) is 0 Å². The molecule has 1 aromatic heterocycles. The summed E-state index contributed by atoms with van der Waals surface area (Å²) in [5.74, 6) is 0.225. The maximum atomic E-state index is 11.6. The number of hydrogen-bond donors (Lipinski definition) is 0. The summed E-state index contributed by atoms with van der Waals surface area (Å²) in [5, 5.41) is 0. The van der Waals surface area contributed by atoms with Gasteiger partial charge in [-0.1, -0.05) is 24.3 Å². The minimum absolute atomic E-state index is 0.225. The second-order valence-electron chi connectivity index (χ2n) is 3.74. The predicted octanol–water partition coefficient (Wildman–Crippen LogP) is 2.13. The molecular formula is C13H12N2O3S. The normalized spacial score (nSPS) is 11.6. The van der Waals surface area contributed by atoms with Crippen LogP contribution in [0.2, 0.25) is 0 Å². The van der Waals surface area contributed by atoms with Gasteiger partial charge in [-0.15, -0.1) is 4.40 Å². The van der Waals surface area contributed by atoms with Crippen LogP contribution in [0.3, 0.4) is 0 Å². The fraction of sp³-hybridized carbons (Fsp3) is 0.0769. The lowest BCUT2D eigenvalue weighted by Gasteiger charge is -2.02. The zero-order valence-electron chi connectivity index (χ0n) is 10.2. The van der Waals surface area contributed by atoms with Crippen molar-refractivity contribution in [2.24, 2.45) is 4.40 Å². The lowest BCUT2D eigenvalue weighted by molar-refractivity contribution is 0.488. The molecule has 0 aliphatic rings. The van der Waals surface area contributed by atoms with Crippen LogP contribution in [-0.2, 0) is 10.3 Å². The van der Waals surface area contributed by atoms with E-state index >= 15 is 0 Å². The Morgan fingerprint density at radius 2 is 1.89 bits per heavy atom. The molecule has 0 radical (unpaired) electrons. The Hall–Kier alpha value is -2.21. The molecule has 19 heavy (non-hydrogen) atoms. The number of aromatic nitrogens is 1. The van der Waals surface area contributed by atoms with Crippen molar-refractivity contribution in [1.82, 2.24) is 4.98 Å². The highest BCUT2D eigenvalue weighted by Crippen LogP contribution is 2.12. The molecule has 0 atom stereocenters. The van der Waals surface area contributed by atoms with Crippen LogP contribution in [0.15, 0.2) is 53.1 Å². The van der Waals surface area contributed by atoms with Crippen molar-refractivity contribution < 1.29 is 12.6 Å². The number of rotatable bonds is 4. The molecule has 0 saturated carbocycles. The largest absolute Gasteiger partial charge is 0.428 e. The number of para-hydroxylation sites is 1. The van der Waals surface area contributed by atoms with Gasteiger partial charge in [-0.2, -0.15) is 8.42 Å². The molecule has 0 aliphatic carbocycles. The second kappa shape index (κ2) is 5.62. The maximum absolute atomic E-state index is 11.6. The first-order valence-electron chi connectivity index (χ1n) is 5.53. The van der Waals surface area contributed by atoms with Gasteiger partial charge in [0.1, 0.15) is 5.75 Å². The van der Waals surface area contributed by atoms with E-state index in [4.69, 9.17) is 4.18 Å². The second-order valence-corrected chi connectivity index (χ2v) is 4.97. The Morgan fingerprint density at radius 1 is 1.16 bits per heavy atom. The van der Waals surface area contributed by atoms with Crippen LogP contribution in [0.25, 0.3) is 0 Å². The molecule has 0 N–H and O–H groups in total. The number of benzene rings is 1. The van der Waals surface area contributed by atoms with E-state index in [-0.39, 0.29) is 5.75 Å². The van der Waals surface area contributed by atoms with Crippen LogP contribution in [0, 0.1) is 6.92 Å². The molecule has 2 rings (SSSR count). The van der Waals surface area contributed by atoms with Gasteiger partial charge in [0.25, 0.3) is 0 Å². The first kappa shape index (κ1) is 13.2. The fourth-order valence-corrected chi connectivity index (χ4v) is 2.01. The van der Waals surface area contributed by atoms with Crippen molar-refractivity contribution in [3.63, 3.8) is 0 Å². The quantitative estimate of drug-likeness (QED) is 0.802. The molecule has 0 amide bonds. The zero-order valence-corrected chi connectivity index (χ0v) is 11.0. The molecule has 0 unspecified atom stereocenters. The van der Waals surface area contributed by atoms with Crippen molar-refractivity contribution in [2.75, 3.05) is 0 Å². The van der Waals surface area contributed by atoms with E-state index in [0.29, 0.717) is 11.3 Å². The molecule has 0 bridgehead atoms. The van der Waals surface area contributed by atoms with Crippen LogP contribution in [-0.4, -0.2) is 19.6 Å².